The summed E-state index contributed by atoms with van der Waals surface area (Å²) >= 11 is 1.79. The van der Waals surface area contributed by atoms with Gasteiger partial charge in [0.1, 0.15) is 46.0 Å². The maximum absolute atomic E-state index is 6.77. The van der Waals surface area contributed by atoms with Crippen LogP contribution in [0.4, 0.5) is 68.2 Å². The molecule has 145 heavy (non-hydrogen) atoms. The van der Waals surface area contributed by atoms with E-state index in [1.165, 1.54) is 161 Å². The number of hydrogen-bond acceptors (Lipinski definition) is 9. The molecular formula is C132H100B3N5O4S. The normalized spacial score (nSPS) is 14.9. The molecule has 0 saturated carbocycles. The summed E-state index contributed by atoms with van der Waals surface area (Å²) < 4.78 is 29.2. The van der Waals surface area contributed by atoms with Gasteiger partial charge in [-0.1, -0.05) is 399 Å². The molecule has 8 aliphatic rings. The van der Waals surface area contributed by atoms with Gasteiger partial charge in [0.05, 0.1) is 66.3 Å². The third-order valence-electron chi connectivity index (χ3n) is 31.6. The highest BCUT2D eigenvalue weighted by Crippen LogP contribution is 2.64. The Hall–Kier alpha value is -16.9. The molecule has 0 spiro atoms. The van der Waals surface area contributed by atoms with E-state index in [-0.39, 0.29) is 41.8 Å². The number of nitrogens with zero attached hydrogens (tertiary/aromatic N) is 5. The van der Waals surface area contributed by atoms with Crippen LogP contribution in [-0.2, 0) is 21.7 Å². The molecule has 9 nitrogen and oxygen atoms in total. The minimum absolute atomic E-state index is 0.0897. The Balaban J connectivity index is 0.000000108. The Labute approximate surface area is 852 Å². The molecule has 21 aromatic rings. The van der Waals surface area contributed by atoms with Crippen LogP contribution in [0.1, 0.15) is 99.9 Å². The monoisotopic (exact) mass is 1880 g/mol. The first-order chi connectivity index (χ1) is 71.0. The summed E-state index contributed by atoms with van der Waals surface area (Å²) in [7, 11) is 0. The molecule has 0 N–H and O–H groups in total. The first-order valence-corrected chi connectivity index (χ1v) is 51.2. The van der Waals surface area contributed by atoms with E-state index in [2.05, 4.69) is 528 Å². The van der Waals surface area contributed by atoms with Crippen molar-refractivity contribution in [3.8, 4) is 51.7 Å². The quantitative estimate of drug-likeness (QED) is 0.139. The van der Waals surface area contributed by atoms with Crippen LogP contribution < -0.4 is 87.7 Å². The van der Waals surface area contributed by atoms with Crippen molar-refractivity contribution in [2.75, 3.05) is 19.6 Å². The van der Waals surface area contributed by atoms with Crippen molar-refractivity contribution in [3.05, 3.63) is 506 Å². The van der Waals surface area contributed by atoms with Crippen LogP contribution in [-0.4, -0.2) is 24.7 Å². The van der Waals surface area contributed by atoms with Crippen LogP contribution in [0.5, 0.6) is 46.0 Å². The molecule has 1 aromatic heterocycles. The zero-order valence-electron chi connectivity index (χ0n) is 81.9. The summed E-state index contributed by atoms with van der Waals surface area (Å²) in [5.74, 6) is 7.21. The maximum atomic E-state index is 6.77. The van der Waals surface area contributed by atoms with Gasteiger partial charge < -0.3 is 43.1 Å². The molecule has 0 unspecified atom stereocenters. The Morgan fingerprint density at radius 2 is 0.559 bits per heavy atom. The summed E-state index contributed by atoms with van der Waals surface area (Å²) in [5, 5.41) is 2.53. The van der Waals surface area contributed by atoms with E-state index in [0.29, 0.717) is 0 Å². The fourth-order valence-electron chi connectivity index (χ4n) is 24.8. The van der Waals surface area contributed by atoms with Crippen molar-refractivity contribution in [1.29, 1.82) is 0 Å². The van der Waals surface area contributed by atoms with Gasteiger partial charge in [0.2, 0.25) is 0 Å². The van der Waals surface area contributed by atoms with E-state index in [9.17, 15) is 0 Å². The lowest BCUT2D eigenvalue weighted by molar-refractivity contribution is 0.453. The lowest BCUT2D eigenvalue weighted by Crippen LogP contribution is -2.54. The predicted molar refractivity (Wildman–Crippen MR) is 604 cm³/mol. The van der Waals surface area contributed by atoms with Gasteiger partial charge in [0, 0.05) is 84.6 Å². The number of anilines is 12. The number of benzene rings is 20. The SMILES string of the molecule is CC1(C)c2ccccc2N(c2ccc3c(c2)Oc2ccccc2B3c2ccccc2)c2c1ccc1c2Sc2ccccc2O1.CC1(C)c2ccccc2N(c2ccc3c(c2)Oc2ccccc2B3c2ccccc2)c2ccc3c4ccccc4n(-c4ccccc4)c3c21.CC1(C)c2ccccc2N(c2ccccc2)c2cc3c(cc21)N(c1ccc2c(c1)Oc1ccccc1B2c1ccccc1)c1ccccc1C3(C)C. The highest BCUT2D eigenvalue weighted by molar-refractivity contribution is 7.99. The van der Waals surface area contributed by atoms with E-state index in [4.69, 9.17) is 18.9 Å². The number of para-hydroxylation sites is 11. The van der Waals surface area contributed by atoms with Crippen molar-refractivity contribution in [3.63, 3.8) is 0 Å². The Bertz CT molecular complexity index is 8810. The van der Waals surface area contributed by atoms with E-state index in [0.717, 1.165) is 84.2 Å². The van der Waals surface area contributed by atoms with Crippen molar-refractivity contribution < 1.29 is 18.9 Å². The molecule has 0 saturated heterocycles. The highest BCUT2D eigenvalue weighted by atomic mass is 32.2. The van der Waals surface area contributed by atoms with Gasteiger partial charge in [-0.15, -0.1) is 0 Å². The summed E-state index contributed by atoms with van der Waals surface area (Å²) in [6.45, 7) is 19.2. The van der Waals surface area contributed by atoms with Crippen molar-refractivity contribution in [2.24, 2.45) is 0 Å². The van der Waals surface area contributed by atoms with Crippen molar-refractivity contribution >= 4 is 171 Å². The molecule has 8 aliphatic heterocycles. The molecule has 9 heterocycles. The maximum Gasteiger partial charge on any atom is 0.250 e. The number of ether oxygens (including phenoxy) is 4. The van der Waals surface area contributed by atoms with Crippen LogP contribution in [0.2, 0.25) is 0 Å². The van der Waals surface area contributed by atoms with Gasteiger partial charge in [0.25, 0.3) is 20.1 Å². The molecule has 692 valence electrons. The molecular weight excluding hydrogens is 1780 g/mol. The fourth-order valence-corrected chi connectivity index (χ4v) is 25.9. The largest absolute Gasteiger partial charge is 0.458 e. The van der Waals surface area contributed by atoms with Gasteiger partial charge in [-0.05, 0) is 199 Å². The van der Waals surface area contributed by atoms with Crippen LogP contribution in [0, 0.1) is 0 Å². The fraction of sp³-hybridized carbons (Fsp3) is 0.0909. The third kappa shape index (κ3) is 13.9. The Morgan fingerprint density at radius 1 is 0.214 bits per heavy atom. The zero-order valence-corrected chi connectivity index (χ0v) is 82.7. The molecule has 0 bridgehead atoms. The molecule has 0 fully saturated rings. The number of rotatable bonds is 8. The summed E-state index contributed by atoms with van der Waals surface area (Å²) in [5.41, 5.74) is 38.0. The topological polar surface area (TPSA) is 54.8 Å². The third-order valence-corrected chi connectivity index (χ3v) is 32.8. The molecule has 29 rings (SSSR count). The van der Waals surface area contributed by atoms with Gasteiger partial charge in [-0.2, -0.15) is 0 Å². The van der Waals surface area contributed by atoms with Crippen LogP contribution in [0.25, 0.3) is 27.5 Å². The van der Waals surface area contributed by atoms with Gasteiger partial charge in [0.15, 0.2) is 0 Å². The first kappa shape index (κ1) is 87.2. The summed E-state index contributed by atoms with van der Waals surface area (Å²) in [6, 6.07) is 166. The van der Waals surface area contributed by atoms with Crippen molar-refractivity contribution in [2.45, 2.75) is 86.8 Å². The second-order valence-electron chi connectivity index (χ2n) is 41.2. The van der Waals surface area contributed by atoms with Crippen molar-refractivity contribution in [1.82, 2.24) is 4.57 Å². The summed E-state index contributed by atoms with van der Waals surface area (Å²) in [6.07, 6.45) is 0. The Kier molecular flexibility index (Phi) is 20.4. The van der Waals surface area contributed by atoms with Crippen LogP contribution >= 0.6 is 11.8 Å². The lowest BCUT2D eigenvalue weighted by Gasteiger charge is -2.47. The van der Waals surface area contributed by atoms with E-state index in [1.54, 1.807) is 11.8 Å². The van der Waals surface area contributed by atoms with Crippen LogP contribution in [0.15, 0.2) is 471 Å². The molecule has 0 radical (unpaired) electrons. The number of aromatic nitrogens is 1. The van der Waals surface area contributed by atoms with Gasteiger partial charge >= 0.3 is 0 Å². The standard InChI is InChI=1S/C48H39BN2O.C45H33BN2O.C39H28BNO2S/c1-47(2)35-21-11-14-24-41(35)50(33-19-9-6-10-20-33)43-30-38-44(31-37(43)47)51(42-25-15-12-22-36(42)48(38,3)4)34-27-28-40-46(29-34)52-45-26-16-13-23-39(45)49(40)32-17-7-5-8-18-32;1-45(2)35-20-10-13-23-39(35)47(32-25-27-37-42(29-32)49-41-24-14-11-21-36(41)46(37)30-15-5-3-6-16-30)40-28-26-34-33-19-9-12-22-38(33)48(44(34)43(40)45)31-17-7-4-8-18-31;1-39(2)27-14-6-8-16-31(27)41(37-28(39)21-23-34-38(37)44-36-19-11-10-18-33(36)43-34)26-20-22-30-35(24-26)42-32-17-9-7-15-29(32)40(30)25-12-4-3-5-13-25/h5-31H,1-4H3;3-29H,1-2H3;3-24H,1-2H3. The molecule has 20 aromatic carbocycles. The minimum Gasteiger partial charge on any atom is -0.458 e. The average Bonchev–Trinajstić information content (AvgIpc) is 0.758. The predicted octanol–water partition coefficient (Wildman–Crippen LogP) is 28.7. The molecule has 13 heteroatoms. The number of hydrogen-bond donors (Lipinski definition) is 0. The molecule has 0 atom stereocenters. The van der Waals surface area contributed by atoms with E-state index in [1.807, 2.05) is 12.1 Å². The average molecular weight is 1880 g/mol. The highest BCUT2D eigenvalue weighted by Gasteiger charge is 2.48. The molecule has 0 amide bonds. The minimum atomic E-state index is -0.273. The van der Waals surface area contributed by atoms with Crippen LogP contribution in [0.3, 0.4) is 0 Å². The van der Waals surface area contributed by atoms with E-state index < -0.39 is 0 Å². The summed E-state index contributed by atoms with van der Waals surface area (Å²) in [4.78, 5) is 12.1. The lowest BCUT2D eigenvalue weighted by atomic mass is 9.36. The first-order valence-electron chi connectivity index (χ1n) is 50.4. The Morgan fingerprint density at radius 3 is 1.03 bits per heavy atom. The van der Waals surface area contributed by atoms with Gasteiger partial charge in [-0.25, -0.2) is 0 Å². The smallest absolute Gasteiger partial charge is 0.250 e. The van der Waals surface area contributed by atoms with Gasteiger partial charge in [-0.3, -0.25) is 0 Å². The number of fused-ring (bicyclic) bond motifs is 21. The molecule has 0 aliphatic carbocycles. The zero-order chi connectivity index (χ0) is 97.3. The second-order valence-corrected chi connectivity index (χ2v) is 42.3. The second kappa shape index (κ2) is 33.9. The van der Waals surface area contributed by atoms with E-state index >= 15 is 0 Å².